The highest BCUT2D eigenvalue weighted by atomic mass is 16.2. The van der Waals surface area contributed by atoms with Crippen LogP contribution >= 0.6 is 0 Å². The van der Waals surface area contributed by atoms with Crippen LogP contribution in [-0.4, -0.2) is 27.6 Å². The number of nitrogens with zero attached hydrogens (tertiary/aromatic N) is 3. The molecule has 5 heteroatoms. The first-order valence-corrected chi connectivity index (χ1v) is 9.72. The van der Waals surface area contributed by atoms with E-state index >= 15 is 0 Å². The van der Waals surface area contributed by atoms with Crippen molar-refractivity contribution < 1.29 is 9.59 Å². The number of para-hydroxylation sites is 1. The van der Waals surface area contributed by atoms with Crippen LogP contribution in [0.4, 0.5) is 0 Å². The topological polar surface area (TPSA) is 54.7 Å². The Kier molecular flexibility index (Phi) is 2.83. The lowest BCUT2D eigenvalue weighted by atomic mass is 9.63. The van der Waals surface area contributed by atoms with E-state index in [1.165, 1.54) is 6.42 Å². The molecule has 5 nitrogen and oxygen atoms in total. The third-order valence-electron chi connectivity index (χ3n) is 7.39. The number of imide groups is 1. The van der Waals surface area contributed by atoms with Gasteiger partial charge in [-0.1, -0.05) is 30.4 Å². The van der Waals surface area contributed by atoms with Gasteiger partial charge in [-0.2, -0.15) is 10.1 Å². The Bertz CT molecular complexity index is 1040. The van der Waals surface area contributed by atoms with Crippen LogP contribution in [-0.2, 0) is 16.6 Å². The van der Waals surface area contributed by atoms with E-state index in [2.05, 4.69) is 34.0 Å². The summed E-state index contributed by atoms with van der Waals surface area (Å²) in [7, 11) is 2.02. The molecule has 2 saturated carbocycles. The van der Waals surface area contributed by atoms with E-state index in [4.69, 9.17) is 0 Å². The van der Waals surface area contributed by atoms with E-state index in [1.54, 1.807) is 6.21 Å². The molecule has 1 saturated heterocycles. The molecule has 1 aromatic carbocycles. The second-order valence-electron chi connectivity index (χ2n) is 8.46. The van der Waals surface area contributed by atoms with Crippen molar-refractivity contribution in [1.29, 1.82) is 0 Å². The Morgan fingerprint density at radius 2 is 1.67 bits per heavy atom. The van der Waals surface area contributed by atoms with Gasteiger partial charge in [-0.3, -0.25) is 9.59 Å². The molecule has 2 bridgehead atoms. The number of rotatable bonds is 2. The maximum atomic E-state index is 13.0. The molecule has 2 heterocycles. The molecule has 136 valence electrons. The van der Waals surface area contributed by atoms with Crippen molar-refractivity contribution in [3.63, 3.8) is 0 Å². The summed E-state index contributed by atoms with van der Waals surface area (Å²) in [6.45, 7) is 2.03. The molecular weight excluding hydrogens is 338 g/mol. The quantitative estimate of drug-likeness (QED) is 0.470. The zero-order chi connectivity index (χ0) is 18.4. The van der Waals surface area contributed by atoms with Crippen LogP contribution < -0.4 is 0 Å². The lowest BCUT2D eigenvalue weighted by molar-refractivity contribution is -0.140. The maximum absolute atomic E-state index is 13.0. The average Bonchev–Trinajstić information content (AvgIpc) is 3.43. The van der Waals surface area contributed by atoms with Crippen molar-refractivity contribution in [2.45, 2.75) is 13.3 Å². The summed E-state index contributed by atoms with van der Waals surface area (Å²) in [6, 6.07) is 8.12. The van der Waals surface area contributed by atoms with Crippen molar-refractivity contribution in [3.8, 4) is 0 Å². The normalized spacial score (nSPS) is 36.1. The standard InChI is InChI=1S/C22H21N3O2/c1-11-17(12-5-3-4-6-18(12)24(11)2)10-23-25-21(26)19-13-7-8-14(16-9-15(13)16)20(19)22(25)27/h3-8,10,13-16,19-20H,9H2,1-2H3. The number of aryl methyl sites for hydroxylation is 1. The number of hydrogen-bond donors (Lipinski definition) is 0. The van der Waals surface area contributed by atoms with Crippen molar-refractivity contribution in [2.24, 2.45) is 47.7 Å². The molecule has 1 aliphatic heterocycles. The second-order valence-corrected chi connectivity index (χ2v) is 8.46. The number of hydrazone groups is 1. The lowest BCUT2D eigenvalue weighted by Crippen LogP contribution is -2.40. The molecule has 2 aromatic rings. The number of benzene rings is 1. The summed E-state index contributed by atoms with van der Waals surface area (Å²) in [5.74, 6) is 1.10. The molecule has 0 radical (unpaired) electrons. The first-order chi connectivity index (χ1) is 13.1. The fraction of sp³-hybridized carbons (Fsp3) is 0.409. The second kappa shape index (κ2) is 4.97. The van der Waals surface area contributed by atoms with Crippen LogP contribution in [0.25, 0.3) is 10.9 Å². The summed E-state index contributed by atoms with van der Waals surface area (Å²) in [5, 5.41) is 6.65. The number of allylic oxidation sites excluding steroid dienone is 2. The Labute approximate surface area is 157 Å². The smallest absolute Gasteiger partial charge is 0.254 e. The van der Waals surface area contributed by atoms with E-state index in [9.17, 15) is 9.59 Å². The van der Waals surface area contributed by atoms with Crippen LogP contribution in [0.2, 0.25) is 0 Å². The van der Waals surface area contributed by atoms with Gasteiger partial charge in [0.05, 0.1) is 18.1 Å². The number of carbonyl (C=O) groups excluding carboxylic acids is 2. The Morgan fingerprint density at radius 1 is 1.04 bits per heavy atom. The molecule has 5 aliphatic rings. The number of aromatic nitrogens is 1. The minimum absolute atomic E-state index is 0.108. The molecule has 7 rings (SSSR count). The average molecular weight is 359 g/mol. The predicted octanol–water partition coefficient (Wildman–Crippen LogP) is 2.87. The molecule has 27 heavy (non-hydrogen) atoms. The van der Waals surface area contributed by atoms with Gasteiger partial charge in [0.2, 0.25) is 0 Å². The third kappa shape index (κ3) is 1.82. The molecule has 0 N–H and O–H groups in total. The first-order valence-electron chi connectivity index (χ1n) is 9.72. The summed E-state index contributed by atoms with van der Waals surface area (Å²) in [5.41, 5.74) is 3.15. The fourth-order valence-electron chi connectivity index (χ4n) is 5.88. The summed E-state index contributed by atoms with van der Waals surface area (Å²) in [6.07, 6.45) is 7.25. The fourth-order valence-corrected chi connectivity index (χ4v) is 5.88. The number of fused-ring (bicyclic) bond motifs is 1. The first kappa shape index (κ1) is 15.4. The third-order valence-corrected chi connectivity index (χ3v) is 7.39. The van der Waals surface area contributed by atoms with E-state index < -0.39 is 0 Å². The molecular formula is C22H21N3O2. The van der Waals surface area contributed by atoms with Gasteiger partial charge in [-0.15, -0.1) is 0 Å². The van der Waals surface area contributed by atoms with E-state index in [-0.39, 0.29) is 35.5 Å². The van der Waals surface area contributed by atoms with E-state index in [1.807, 2.05) is 26.1 Å². The number of carbonyl (C=O) groups is 2. The van der Waals surface area contributed by atoms with Gasteiger partial charge in [0.15, 0.2) is 0 Å². The Morgan fingerprint density at radius 3 is 2.33 bits per heavy atom. The van der Waals surface area contributed by atoms with Gasteiger partial charge >= 0.3 is 0 Å². The van der Waals surface area contributed by atoms with Gasteiger partial charge in [-0.25, -0.2) is 0 Å². The minimum atomic E-state index is -0.193. The zero-order valence-electron chi connectivity index (χ0n) is 15.4. The van der Waals surface area contributed by atoms with Gasteiger partial charge in [0.1, 0.15) is 0 Å². The molecule has 6 unspecified atom stereocenters. The number of hydrogen-bond acceptors (Lipinski definition) is 3. The molecule has 1 aromatic heterocycles. The highest BCUT2D eigenvalue weighted by Crippen LogP contribution is 2.65. The van der Waals surface area contributed by atoms with E-state index in [0.717, 1.165) is 27.2 Å². The Balaban J connectivity index is 1.38. The minimum Gasteiger partial charge on any atom is -0.347 e. The van der Waals surface area contributed by atoms with Crippen molar-refractivity contribution >= 4 is 28.9 Å². The largest absolute Gasteiger partial charge is 0.347 e. The monoisotopic (exact) mass is 359 g/mol. The maximum Gasteiger partial charge on any atom is 0.254 e. The SMILES string of the molecule is Cc1c(C=NN2C(=O)C3C4C=CC(C5CC45)C3C2=O)c2ccccc2n1C. The van der Waals surface area contributed by atoms with Gasteiger partial charge in [0, 0.05) is 29.2 Å². The highest BCUT2D eigenvalue weighted by Gasteiger charge is 2.67. The molecule has 3 fully saturated rings. The molecule has 6 atom stereocenters. The van der Waals surface area contributed by atoms with Crippen LogP contribution in [0.15, 0.2) is 41.5 Å². The summed E-state index contributed by atoms with van der Waals surface area (Å²) < 4.78 is 2.11. The molecule has 4 aliphatic carbocycles. The van der Waals surface area contributed by atoms with Crippen LogP contribution in [0.1, 0.15) is 17.7 Å². The lowest BCUT2D eigenvalue weighted by Gasteiger charge is -2.37. The zero-order valence-corrected chi connectivity index (χ0v) is 15.4. The van der Waals surface area contributed by atoms with Crippen LogP contribution in [0, 0.1) is 42.4 Å². The molecule has 0 spiro atoms. The molecule has 2 amide bonds. The summed E-state index contributed by atoms with van der Waals surface area (Å²) in [4.78, 5) is 26.1. The van der Waals surface area contributed by atoms with Crippen LogP contribution in [0.3, 0.4) is 0 Å². The van der Waals surface area contributed by atoms with Crippen LogP contribution in [0.5, 0.6) is 0 Å². The summed E-state index contributed by atoms with van der Waals surface area (Å²) >= 11 is 0. The Hall–Kier alpha value is -2.69. The predicted molar refractivity (Wildman–Crippen MR) is 102 cm³/mol. The highest BCUT2D eigenvalue weighted by molar-refractivity contribution is 6.08. The van der Waals surface area contributed by atoms with Crippen molar-refractivity contribution in [1.82, 2.24) is 9.58 Å². The van der Waals surface area contributed by atoms with Gasteiger partial charge < -0.3 is 4.57 Å². The van der Waals surface area contributed by atoms with E-state index in [0.29, 0.717) is 11.8 Å². The van der Waals surface area contributed by atoms with Crippen molar-refractivity contribution in [3.05, 3.63) is 47.7 Å². The number of amides is 2. The van der Waals surface area contributed by atoms with Crippen molar-refractivity contribution in [2.75, 3.05) is 0 Å². The van der Waals surface area contributed by atoms with Gasteiger partial charge in [0.25, 0.3) is 11.8 Å². The van der Waals surface area contributed by atoms with Gasteiger partial charge in [-0.05, 0) is 43.1 Å².